The molecule has 0 atom stereocenters. The Morgan fingerprint density at radius 1 is 1.11 bits per heavy atom. The molecular weight excluding hydrogens is 274 g/mol. The lowest BCUT2D eigenvalue weighted by molar-refractivity contribution is 0.508. The van der Waals surface area contributed by atoms with Crippen LogP contribution in [0.5, 0.6) is 0 Å². The molecule has 3 aromatic rings. The van der Waals surface area contributed by atoms with Crippen LogP contribution in [-0.2, 0) is 0 Å². The van der Waals surface area contributed by atoms with E-state index in [4.69, 9.17) is 21.8 Å². The smallest absolute Gasteiger partial charge is 0.227 e. The van der Waals surface area contributed by atoms with E-state index in [9.17, 15) is 8.78 Å². The van der Waals surface area contributed by atoms with Crippen molar-refractivity contribution in [3.05, 3.63) is 47.0 Å². The monoisotopic (exact) mass is 280 g/mol. The quantitative estimate of drug-likeness (QED) is 0.685. The number of hydrogen-bond donors (Lipinski definition) is 1. The van der Waals surface area contributed by atoms with Crippen molar-refractivity contribution in [1.82, 2.24) is 4.98 Å². The summed E-state index contributed by atoms with van der Waals surface area (Å²) in [5.41, 5.74) is 7.28. The summed E-state index contributed by atoms with van der Waals surface area (Å²) in [5, 5.41) is 0.359. The van der Waals surface area contributed by atoms with Crippen molar-refractivity contribution < 1.29 is 13.2 Å². The summed E-state index contributed by atoms with van der Waals surface area (Å²) >= 11 is 5.87. The summed E-state index contributed by atoms with van der Waals surface area (Å²) in [5.74, 6) is -1.71. The molecule has 2 N–H and O–H groups in total. The average molecular weight is 281 g/mol. The van der Waals surface area contributed by atoms with Gasteiger partial charge in [-0.3, -0.25) is 0 Å². The second kappa shape index (κ2) is 4.20. The Hall–Kier alpha value is -2.14. The van der Waals surface area contributed by atoms with E-state index < -0.39 is 11.6 Å². The van der Waals surface area contributed by atoms with Gasteiger partial charge in [0.1, 0.15) is 5.52 Å². The van der Waals surface area contributed by atoms with Crippen molar-refractivity contribution >= 4 is 28.4 Å². The highest BCUT2D eigenvalue weighted by molar-refractivity contribution is 6.33. The standard InChI is InChI=1S/C13H7ClF2N2O/c14-7-4-11-12(5-10(7)17)19-13(18-11)6-1-2-8(15)9(16)3-6/h1-5H,17H2. The zero-order valence-corrected chi connectivity index (χ0v) is 10.2. The number of nitrogens with two attached hydrogens (primary N) is 1. The molecule has 0 saturated carbocycles. The summed E-state index contributed by atoms with van der Waals surface area (Å²) in [6.45, 7) is 0. The lowest BCUT2D eigenvalue weighted by atomic mass is 10.2. The Balaban J connectivity index is 2.17. The Morgan fingerprint density at radius 2 is 1.89 bits per heavy atom. The number of halogens is 3. The highest BCUT2D eigenvalue weighted by Crippen LogP contribution is 2.30. The molecule has 3 nitrogen and oxygen atoms in total. The number of nitrogens with zero attached hydrogens (tertiary/aromatic N) is 1. The van der Waals surface area contributed by atoms with E-state index in [0.29, 0.717) is 27.4 Å². The number of benzene rings is 2. The second-order valence-electron chi connectivity index (χ2n) is 3.99. The van der Waals surface area contributed by atoms with Gasteiger partial charge in [-0.25, -0.2) is 13.8 Å². The third-order valence-corrected chi connectivity index (χ3v) is 3.00. The van der Waals surface area contributed by atoms with Crippen molar-refractivity contribution in [3.63, 3.8) is 0 Å². The van der Waals surface area contributed by atoms with Gasteiger partial charge in [0.25, 0.3) is 0 Å². The van der Waals surface area contributed by atoms with E-state index in [1.165, 1.54) is 12.1 Å². The third-order valence-electron chi connectivity index (χ3n) is 2.67. The molecule has 0 aliphatic carbocycles. The highest BCUT2D eigenvalue weighted by Gasteiger charge is 2.12. The summed E-state index contributed by atoms with van der Waals surface area (Å²) < 4.78 is 31.5. The number of aromatic nitrogens is 1. The molecule has 0 fully saturated rings. The van der Waals surface area contributed by atoms with Gasteiger partial charge in [0.05, 0.1) is 10.7 Å². The maximum atomic E-state index is 13.2. The topological polar surface area (TPSA) is 52.0 Å². The zero-order valence-electron chi connectivity index (χ0n) is 9.45. The zero-order chi connectivity index (χ0) is 13.6. The van der Waals surface area contributed by atoms with E-state index >= 15 is 0 Å². The number of oxazole rings is 1. The minimum absolute atomic E-state index is 0.176. The lowest BCUT2D eigenvalue weighted by Gasteiger charge is -1.96. The van der Waals surface area contributed by atoms with Gasteiger partial charge in [0.2, 0.25) is 5.89 Å². The van der Waals surface area contributed by atoms with Gasteiger partial charge in [0, 0.05) is 11.6 Å². The number of fused-ring (bicyclic) bond motifs is 1. The van der Waals surface area contributed by atoms with E-state index in [2.05, 4.69) is 4.98 Å². The summed E-state index contributed by atoms with van der Waals surface area (Å²) in [6, 6.07) is 6.51. The summed E-state index contributed by atoms with van der Waals surface area (Å²) in [7, 11) is 0. The maximum absolute atomic E-state index is 13.2. The van der Waals surface area contributed by atoms with Gasteiger partial charge in [-0.2, -0.15) is 0 Å². The molecule has 6 heteroatoms. The van der Waals surface area contributed by atoms with Crippen LogP contribution in [0.1, 0.15) is 0 Å². The largest absolute Gasteiger partial charge is 0.436 e. The van der Waals surface area contributed by atoms with Crippen molar-refractivity contribution in [2.45, 2.75) is 0 Å². The van der Waals surface area contributed by atoms with Gasteiger partial charge in [-0.05, 0) is 24.3 Å². The van der Waals surface area contributed by atoms with Crippen LogP contribution in [-0.4, -0.2) is 4.98 Å². The van der Waals surface area contributed by atoms with E-state index in [1.54, 1.807) is 6.07 Å². The van der Waals surface area contributed by atoms with Crippen LogP contribution >= 0.6 is 11.6 Å². The summed E-state index contributed by atoms with van der Waals surface area (Å²) in [4.78, 5) is 4.16. The van der Waals surface area contributed by atoms with Crippen LogP contribution in [0, 0.1) is 11.6 Å². The first kappa shape index (κ1) is 11.9. The van der Waals surface area contributed by atoms with Crippen LogP contribution in [0.3, 0.4) is 0 Å². The molecule has 0 aliphatic heterocycles. The molecule has 0 saturated heterocycles. The van der Waals surface area contributed by atoms with Gasteiger partial charge in [0.15, 0.2) is 17.2 Å². The number of hydrogen-bond acceptors (Lipinski definition) is 3. The molecule has 19 heavy (non-hydrogen) atoms. The minimum Gasteiger partial charge on any atom is -0.436 e. The van der Waals surface area contributed by atoms with E-state index in [-0.39, 0.29) is 5.89 Å². The van der Waals surface area contributed by atoms with Crippen LogP contribution in [0.2, 0.25) is 5.02 Å². The predicted octanol–water partition coefficient (Wildman–Crippen LogP) is 4.01. The minimum atomic E-state index is -0.961. The number of anilines is 1. The Labute approximate surface area is 111 Å². The van der Waals surface area contributed by atoms with Crippen molar-refractivity contribution in [1.29, 1.82) is 0 Å². The van der Waals surface area contributed by atoms with Crippen LogP contribution in [0.15, 0.2) is 34.7 Å². The van der Waals surface area contributed by atoms with Gasteiger partial charge in [-0.1, -0.05) is 11.6 Å². The molecule has 0 bridgehead atoms. The lowest BCUT2D eigenvalue weighted by Crippen LogP contribution is -1.85. The first-order valence-electron chi connectivity index (χ1n) is 5.35. The fraction of sp³-hybridized carbons (Fsp3) is 0. The molecule has 1 aromatic heterocycles. The molecule has 0 spiro atoms. The van der Waals surface area contributed by atoms with Crippen molar-refractivity contribution in [2.75, 3.05) is 5.73 Å². The normalized spacial score (nSPS) is 11.1. The molecule has 0 radical (unpaired) electrons. The fourth-order valence-electron chi connectivity index (χ4n) is 1.72. The Morgan fingerprint density at radius 3 is 2.63 bits per heavy atom. The average Bonchev–Trinajstić information content (AvgIpc) is 2.76. The van der Waals surface area contributed by atoms with E-state index in [0.717, 1.165) is 12.1 Å². The Bertz CT molecular complexity index is 747. The first-order chi connectivity index (χ1) is 9.04. The SMILES string of the molecule is Nc1cc2oc(-c3ccc(F)c(F)c3)nc2cc1Cl. The number of rotatable bonds is 1. The number of nitrogen functional groups attached to an aromatic ring is 1. The molecule has 0 amide bonds. The molecule has 3 rings (SSSR count). The van der Waals surface area contributed by atoms with Crippen molar-refractivity contribution in [3.8, 4) is 11.5 Å². The second-order valence-corrected chi connectivity index (χ2v) is 4.40. The Kier molecular flexibility index (Phi) is 2.64. The molecule has 0 aliphatic rings. The molecule has 1 heterocycles. The van der Waals surface area contributed by atoms with E-state index in [1.807, 2.05) is 0 Å². The highest BCUT2D eigenvalue weighted by atomic mass is 35.5. The maximum Gasteiger partial charge on any atom is 0.227 e. The fourth-order valence-corrected chi connectivity index (χ4v) is 1.87. The van der Waals surface area contributed by atoms with Gasteiger partial charge < -0.3 is 10.2 Å². The van der Waals surface area contributed by atoms with Crippen molar-refractivity contribution in [2.24, 2.45) is 0 Å². The van der Waals surface area contributed by atoms with Crippen LogP contribution in [0.4, 0.5) is 14.5 Å². The third kappa shape index (κ3) is 2.02. The first-order valence-corrected chi connectivity index (χ1v) is 5.73. The molecule has 2 aromatic carbocycles. The predicted molar refractivity (Wildman–Crippen MR) is 68.8 cm³/mol. The summed E-state index contributed by atoms with van der Waals surface area (Å²) in [6.07, 6.45) is 0. The van der Waals surface area contributed by atoms with Crippen LogP contribution < -0.4 is 5.73 Å². The molecular formula is C13H7ClF2N2O. The molecule has 96 valence electrons. The van der Waals surface area contributed by atoms with Gasteiger partial charge in [-0.15, -0.1) is 0 Å². The van der Waals surface area contributed by atoms with Gasteiger partial charge >= 0.3 is 0 Å². The van der Waals surface area contributed by atoms with Crippen LogP contribution in [0.25, 0.3) is 22.6 Å². The molecule has 0 unspecified atom stereocenters.